The van der Waals surface area contributed by atoms with Gasteiger partial charge in [0.15, 0.2) is 0 Å². The summed E-state index contributed by atoms with van der Waals surface area (Å²) in [5.74, 6) is -0.549. The molecule has 18 heavy (non-hydrogen) atoms. The first kappa shape index (κ1) is 12.6. The van der Waals surface area contributed by atoms with Crippen molar-refractivity contribution in [2.75, 3.05) is 5.32 Å². The van der Waals surface area contributed by atoms with Crippen LogP contribution >= 0.6 is 0 Å². The Morgan fingerprint density at radius 3 is 2.44 bits per heavy atom. The van der Waals surface area contributed by atoms with E-state index in [0.717, 1.165) is 16.8 Å². The molecule has 2 aromatic carbocycles. The van der Waals surface area contributed by atoms with Gasteiger partial charge in [-0.3, -0.25) is 0 Å². The summed E-state index contributed by atoms with van der Waals surface area (Å²) in [6.07, 6.45) is 0. The molecule has 0 aromatic heterocycles. The Hall–Kier alpha value is -1.90. The first-order valence-corrected chi connectivity index (χ1v) is 5.84. The van der Waals surface area contributed by atoms with Crippen LogP contribution in [0.4, 0.5) is 14.5 Å². The van der Waals surface area contributed by atoms with Crippen molar-refractivity contribution in [3.8, 4) is 0 Å². The maximum Gasteiger partial charge on any atom is 0.125 e. The first-order valence-electron chi connectivity index (χ1n) is 5.84. The Bertz CT molecular complexity index is 552. The minimum Gasteiger partial charge on any atom is -0.378 e. The van der Waals surface area contributed by atoms with Gasteiger partial charge >= 0.3 is 0 Å². The molecule has 0 spiro atoms. The van der Waals surface area contributed by atoms with Crippen LogP contribution in [0.25, 0.3) is 0 Å². The van der Waals surface area contributed by atoms with E-state index in [2.05, 4.69) is 5.32 Å². The highest BCUT2D eigenvalue weighted by Gasteiger charge is 2.08. The van der Waals surface area contributed by atoms with Crippen LogP contribution in [0.2, 0.25) is 0 Å². The van der Waals surface area contributed by atoms with E-state index in [4.69, 9.17) is 0 Å². The summed E-state index contributed by atoms with van der Waals surface area (Å²) in [5.41, 5.74) is 2.52. The zero-order chi connectivity index (χ0) is 13.1. The van der Waals surface area contributed by atoms with Crippen molar-refractivity contribution >= 4 is 5.69 Å². The van der Waals surface area contributed by atoms with Crippen LogP contribution in [0, 0.1) is 18.6 Å². The molecule has 0 bridgehead atoms. The lowest BCUT2D eigenvalue weighted by Gasteiger charge is -2.17. The van der Waals surface area contributed by atoms with Crippen molar-refractivity contribution in [2.45, 2.75) is 19.9 Å². The average molecular weight is 247 g/mol. The van der Waals surface area contributed by atoms with E-state index in [1.54, 1.807) is 12.1 Å². The molecule has 1 unspecified atom stereocenters. The fraction of sp³-hybridized carbons (Fsp3) is 0.200. The molecule has 2 aromatic rings. The lowest BCUT2D eigenvalue weighted by molar-refractivity contribution is 0.622. The van der Waals surface area contributed by atoms with Crippen LogP contribution in [0.3, 0.4) is 0 Å². The fourth-order valence-electron chi connectivity index (χ4n) is 1.84. The molecule has 1 atom stereocenters. The minimum atomic E-state index is -0.283. The second-order valence-corrected chi connectivity index (χ2v) is 4.38. The van der Waals surface area contributed by atoms with Crippen LogP contribution < -0.4 is 5.32 Å². The maximum atomic E-state index is 13.2. The molecule has 94 valence electrons. The Morgan fingerprint density at radius 2 is 1.72 bits per heavy atom. The van der Waals surface area contributed by atoms with Crippen LogP contribution in [-0.4, -0.2) is 0 Å². The third kappa shape index (κ3) is 2.86. The zero-order valence-electron chi connectivity index (χ0n) is 10.4. The lowest BCUT2D eigenvalue weighted by atomic mass is 10.1. The van der Waals surface area contributed by atoms with Gasteiger partial charge < -0.3 is 5.32 Å². The molecule has 0 aliphatic heterocycles. The molecule has 0 fully saturated rings. The second kappa shape index (κ2) is 5.17. The standard InChI is InChI=1S/C15H15F2N/c1-10-6-7-14(17)9-15(10)18-11(2)12-4-3-5-13(16)8-12/h3-9,11,18H,1-2H3. The summed E-state index contributed by atoms with van der Waals surface area (Å²) in [4.78, 5) is 0. The molecule has 0 amide bonds. The topological polar surface area (TPSA) is 12.0 Å². The van der Waals surface area contributed by atoms with Gasteiger partial charge in [0.05, 0.1) is 0 Å². The molecule has 0 saturated heterocycles. The number of hydrogen-bond acceptors (Lipinski definition) is 1. The van der Waals surface area contributed by atoms with Crippen LogP contribution in [-0.2, 0) is 0 Å². The summed E-state index contributed by atoms with van der Waals surface area (Å²) in [7, 11) is 0. The summed E-state index contributed by atoms with van der Waals surface area (Å²) in [6.45, 7) is 3.82. The molecule has 3 heteroatoms. The SMILES string of the molecule is Cc1ccc(F)cc1NC(C)c1cccc(F)c1. The molecule has 0 heterocycles. The van der Waals surface area contributed by atoms with E-state index >= 15 is 0 Å². The number of anilines is 1. The number of hydrogen-bond donors (Lipinski definition) is 1. The highest BCUT2D eigenvalue weighted by molar-refractivity contribution is 5.52. The number of benzene rings is 2. The van der Waals surface area contributed by atoms with E-state index in [1.807, 2.05) is 19.9 Å². The van der Waals surface area contributed by atoms with Gasteiger partial charge in [-0.2, -0.15) is 0 Å². The highest BCUT2D eigenvalue weighted by atomic mass is 19.1. The third-order valence-corrected chi connectivity index (χ3v) is 2.92. The third-order valence-electron chi connectivity index (χ3n) is 2.92. The van der Waals surface area contributed by atoms with Gasteiger partial charge in [0.25, 0.3) is 0 Å². The van der Waals surface area contributed by atoms with Gasteiger partial charge in [0.2, 0.25) is 0 Å². The van der Waals surface area contributed by atoms with E-state index in [1.165, 1.54) is 24.3 Å². The highest BCUT2D eigenvalue weighted by Crippen LogP contribution is 2.23. The van der Waals surface area contributed by atoms with Gasteiger partial charge in [-0.15, -0.1) is 0 Å². The first-order chi connectivity index (χ1) is 8.56. The molecule has 1 nitrogen and oxygen atoms in total. The smallest absolute Gasteiger partial charge is 0.125 e. The zero-order valence-corrected chi connectivity index (χ0v) is 10.4. The Labute approximate surface area is 105 Å². The molecule has 2 rings (SSSR count). The van der Waals surface area contributed by atoms with E-state index < -0.39 is 0 Å². The van der Waals surface area contributed by atoms with E-state index in [0.29, 0.717) is 0 Å². The predicted octanol–water partition coefficient (Wildman–Crippen LogP) is 4.45. The van der Waals surface area contributed by atoms with E-state index in [-0.39, 0.29) is 17.7 Å². The van der Waals surface area contributed by atoms with Gasteiger partial charge in [0, 0.05) is 11.7 Å². The largest absolute Gasteiger partial charge is 0.378 e. The number of nitrogens with one attached hydrogen (secondary N) is 1. The molecular weight excluding hydrogens is 232 g/mol. The Morgan fingerprint density at radius 1 is 1.00 bits per heavy atom. The lowest BCUT2D eigenvalue weighted by Crippen LogP contribution is -2.08. The number of rotatable bonds is 3. The van der Waals surface area contributed by atoms with Gasteiger partial charge in [-0.1, -0.05) is 18.2 Å². The van der Waals surface area contributed by atoms with Crippen molar-refractivity contribution in [3.05, 3.63) is 65.2 Å². The maximum absolute atomic E-state index is 13.2. The number of aryl methyl sites for hydroxylation is 1. The van der Waals surface area contributed by atoms with Crippen molar-refractivity contribution in [3.63, 3.8) is 0 Å². The summed E-state index contributed by atoms with van der Waals surface area (Å²) >= 11 is 0. The van der Waals surface area contributed by atoms with Crippen molar-refractivity contribution in [1.29, 1.82) is 0 Å². The van der Waals surface area contributed by atoms with Gasteiger partial charge in [0.1, 0.15) is 11.6 Å². The molecule has 1 N–H and O–H groups in total. The number of halogens is 2. The van der Waals surface area contributed by atoms with E-state index in [9.17, 15) is 8.78 Å². The monoisotopic (exact) mass is 247 g/mol. The van der Waals surface area contributed by atoms with Crippen molar-refractivity contribution in [2.24, 2.45) is 0 Å². The molecule has 0 radical (unpaired) electrons. The van der Waals surface area contributed by atoms with Crippen LogP contribution in [0.5, 0.6) is 0 Å². The Kier molecular flexibility index (Phi) is 3.60. The van der Waals surface area contributed by atoms with Crippen molar-refractivity contribution in [1.82, 2.24) is 0 Å². The fourth-order valence-corrected chi connectivity index (χ4v) is 1.84. The normalized spacial score (nSPS) is 12.2. The van der Waals surface area contributed by atoms with Gasteiger partial charge in [-0.25, -0.2) is 8.78 Å². The van der Waals surface area contributed by atoms with Crippen LogP contribution in [0.1, 0.15) is 24.1 Å². The minimum absolute atomic E-state index is 0.0822. The average Bonchev–Trinajstić information content (AvgIpc) is 2.34. The predicted molar refractivity (Wildman–Crippen MR) is 69.6 cm³/mol. The molecular formula is C15H15F2N. The molecule has 0 aliphatic rings. The summed E-state index contributed by atoms with van der Waals surface area (Å²) < 4.78 is 26.3. The molecule has 0 aliphatic carbocycles. The quantitative estimate of drug-likeness (QED) is 0.845. The van der Waals surface area contributed by atoms with Crippen molar-refractivity contribution < 1.29 is 8.78 Å². The summed E-state index contributed by atoms with van der Waals surface area (Å²) in [6, 6.07) is 10.9. The summed E-state index contributed by atoms with van der Waals surface area (Å²) in [5, 5.41) is 3.19. The van der Waals surface area contributed by atoms with Gasteiger partial charge in [-0.05, 0) is 49.2 Å². The Balaban J connectivity index is 2.21. The second-order valence-electron chi connectivity index (χ2n) is 4.38. The van der Waals surface area contributed by atoms with Crippen LogP contribution in [0.15, 0.2) is 42.5 Å². The molecule has 0 saturated carbocycles.